The third-order valence-electron chi connectivity index (χ3n) is 5.02. The minimum Gasteiger partial charge on any atom is -0.379 e. The Morgan fingerprint density at radius 2 is 1.74 bits per heavy atom. The Morgan fingerprint density at radius 1 is 1.03 bits per heavy atom. The maximum atomic E-state index is 12.3. The maximum absolute atomic E-state index is 12.3. The van der Waals surface area contributed by atoms with Crippen molar-refractivity contribution < 1.29 is 14.3 Å². The van der Waals surface area contributed by atoms with Crippen LogP contribution in [0.15, 0.2) is 42.0 Å². The fourth-order valence-corrected chi connectivity index (χ4v) is 4.25. The first kappa shape index (κ1) is 27.9. The van der Waals surface area contributed by atoms with E-state index in [1.807, 2.05) is 32.3 Å². The summed E-state index contributed by atoms with van der Waals surface area (Å²) in [6, 6.07) is 14.2. The van der Waals surface area contributed by atoms with E-state index in [1.165, 1.54) is 0 Å². The largest absolute Gasteiger partial charge is 0.379 e. The van der Waals surface area contributed by atoms with Crippen LogP contribution in [0.1, 0.15) is 30.6 Å². The molecule has 0 radical (unpaired) electrons. The number of benzene rings is 1. The van der Waals surface area contributed by atoms with Crippen LogP contribution in [0.4, 0.5) is 5.69 Å². The Balaban J connectivity index is 1.69. The quantitative estimate of drug-likeness (QED) is 0.145. The fourth-order valence-electron chi connectivity index (χ4n) is 3.11. The highest BCUT2D eigenvalue weighted by molar-refractivity contribution is 7.16. The summed E-state index contributed by atoms with van der Waals surface area (Å²) in [5, 5.41) is 12.2. The number of ether oxygens (including phenoxy) is 2. The molecule has 1 amide bonds. The molecule has 2 aromatic rings. The molecule has 0 aliphatic heterocycles. The van der Waals surface area contributed by atoms with Crippen LogP contribution in [0.3, 0.4) is 0 Å². The van der Waals surface area contributed by atoms with Crippen molar-refractivity contribution in [2.45, 2.75) is 25.7 Å². The minimum atomic E-state index is -0.399. The van der Waals surface area contributed by atoms with Gasteiger partial charge in [-0.15, -0.1) is 22.9 Å². The maximum Gasteiger partial charge on any atom is 0.262 e. The molecule has 8 heteroatoms. The van der Waals surface area contributed by atoms with Gasteiger partial charge in [0.15, 0.2) is 0 Å². The van der Waals surface area contributed by atoms with Gasteiger partial charge in [0.1, 0.15) is 11.6 Å². The number of hydrogen-bond acceptors (Lipinski definition) is 6. The number of halogens is 1. The zero-order chi connectivity index (χ0) is 24.6. The van der Waals surface area contributed by atoms with Crippen LogP contribution < -0.4 is 10.2 Å². The molecule has 1 aromatic heterocycles. The average Bonchev–Trinajstić information content (AvgIpc) is 3.31. The Morgan fingerprint density at radius 3 is 2.41 bits per heavy atom. The summed E-state index contributed by atoms with van der Waals surface area (Å²) in [5.41, 5.74) is 2.31. The molecule has 0 atom stereocenters. The van der Waals surface area contributed by atoms with Gasteiger partial charge in [-0.3, -0.25) is 4.79 Å². The Hall–Kier alpha value is -2.37. The predicted molar refractivity (Wildman–Crippen MR) is 142 cm³/mol. The second kappa shape index (κ2) is 16.3. The molecule has 0 unspecified atom stereocenters. The first-order valence-electron chi connectivity index (χ1n) is 11.5. The van der Waals surface area contributed by atoms with E-state index >= 15 is 0 Å². The van der Waals surface area contributed by atoms with Crippen LogP contribution >= 0.6 is 22.9 Å². The van der Waals surface area contributed by atoms with E-state index in [0.717, 1.165) is 59.2 Å². The Labute approximate surface area is 212 Å². The molecule has 0 spiro atoms. The van der Waals surface area contributed by atoms with E-state index in [1.54, 1.807) is 17.4 Å². The molecule has 34 heavy (non-hydrogen) atoms. The molecule has 6 nitrogen and oxygen atoms in total. The molecule has 0 fully saturated rings. The number of carbonyl (C=O) groups is 1. The van der Waals surface area contributed by atoms with Crippen molar-refractivity contribution in [3.05, 3.63) is 46.8 Å². The van der Waals surface area contributed by atoms with Crippen molar-refractivity contribution in [1.82, 2.24) is 5.32 Å². The van der Waals surface area contributed by atoms with Crippen molar-refractivity contribution in [2.24, 2.45) is 0 Å². The molecular formula is C26H34ClN3O3S. The number of anilines is 1. The van der Waals surface area contributed by atoms with E-state index in [-0.39, 0.29) is 5.57 Å². The standard InChI is InChI=1S/C26H34ClN3O3S/c1-30(2)23-9-7-21(8-10-23)25-12-11-24(34-25)19-22(20-28)26(31)29-14-16-33-18-17-32-15-6-4-3-5-13-27/h7-12,19H,3-6,13-18H2,1-2H3,(H,29,31)/b22-19+. The number of unbranched alkanes of at least 4 members (excludes halogenated alkanes) is 3. The molecule has 0 aliphatic rings. The molecular weight excluding hydrogens is 470 g/mol. The van der Waals surface area contributed by atoms with Gasteiger partial charge in [0.25, 0.3) is 5.91 Å². The van der Waals surface area contributed by atoms with Gasteiger partial charge in [0.05, 0.1) is 19.8 Å². The summed E-state index contributed by atoms with van der Waals surface area (Å²) in [5.74, 6) is 0.322. The van der Waals surface area contributed by atoms with E-state index in [2.05, 4.69) is 34.5 Å². The summed E-state index contributed by atoms with van der Waals surface area (Å²) in [4.78, 5) is 16.3. The second-order valence-corrected chi connectivity index (χ2v) is 9.39. The molecule has 0 saturated heterocycles. The van der Waals surface area contributed by atoms with Crippen molar-refractivity contribution in [3.63, 3.8) is 0 Å². The molecule has 2 rings (SSSR count). The van der Waals surface area contributed by atoms with Crippen LogP contribution in [0, 0.1) is 11.3 Å². The van der Waals surface area contributed by atoms with E-state index < -0.39 is 5.91 Å². The zero-order valence-electron chi connectivity index (χ0n) is 20.0. The highest BCUT2D eigenvalue weighted by Crippen LogP contribution is 2.30. The van der Waals surface area contributed by atoms with E-state index in [4.69, 9.17) is 21.1 Å². The van der Waals surface area contributed by atoms with Crippen molar-refractivity contribution in [3.8, 4) is 16.5 Å². The summed E-state index contributed by atoms with van der Waals surface area (Å²) in [6.45, 7) is 2.45. The van der Waals surface area contributed by atoms with Crippen molar-refractivity contribution in [1.29, 1.82) is 5.26 Å². The Kier molecular flexibility index (Phi) is 13.4. The van der Waals surface area contributed by atoms with E-state index in [0.29, 0.717) is 26.4 Å². The predicted octanol–water partition coefficient (Wildman–Crippen LogP) is 5.34. The van der Waals surface area contributed by atoms with Gasteiger partial charge in [-0.1, -0.05) is 25.0 Å². The number of nitrogens with zero attached hydrogens (tertiary/aromatic N) is 2. The zero-order valence-corrected chi connectivity index (χ0v) is 21.6. The topological polar surface area (TPSA) is 74.6 Å². The van der Waals surface area contributed by atoms with Crippen molar-refractivity contribution in [2.75, 3.05) is 57.8 Å². The van der Waals surface area contributed by atoms with Gasteiger partial charge in [-0.2, -0.15) is 5.26 Å². The second-order valence-electron chi connectivity index (χ2n) is 7.90. The molecule has 0 aliphatic carbocycles. The minimum absolute atomic E-state index is 0.0776. The highest BCUT2D eigenvalue weighted by Gasteiger charge is 2.10. The molecule has 1 heterocycles. The molecule has 184 valence electrons. The van der Waals surface area contributed by atoms with Crippen LogP contribution in [0.2, 0.25) is 0 Å². The van der Waals surface area contributed by atoms with E-state index in [9.17, 15) is 10.1 Å². The van der Waals surface area contributed by atoms with Crippen molar-refractivity contribution >= 4 is 40.6 Å². The van der Waals surface area contributed by atoms with Gasteiger partial charge in [-0.25, -0.2) is 0 Å². The first-order chi connectivity index (χ1) is 16.5. The number of hydrogen-bond donors (Lipinski definition) is 1. The van der Waals surface area contributed by atoms with Gasteiger partial charge >= 0.3 is 0 Å². The lowest BCUT2D eigenvalue weighted by molar-refractivity contribution is -0.117. The van der Waals surface area contributed by atoms with Gasteiger partial charge < -0.3 is 19.7 Å². The third kappa shape index (κ3) is 10.3. The Bertz CT molecular complexity index is 936. The fraction of sp³-hybridized carbons (Fsp3) is 0.462. The number of amides is 1. The number of alkyl halides is 1. The van der Waals surface area contributed by atoms with Gasteiger partial charge in [-0.05, 0) is 48.7 Å². The molecule has 1 aromatic carbocycles. The van der Waals surface area contributed by atoms with Crippen LogP contribution in [0.25, 0.3) is 16.5 Å². The van der Waals surface area contributed by atoms with Crippen LogP contribution in [-0.2, 0) is 14.3 Å². The number of rotatable bonds is 16. The smallest absolute Gasteiger partial charge is 0.262 e. The summed E-state index contributed by atoms with van der Waals surface area (Å²) >= 11 is 7.19. The summed E-state index contributed by atoms with van der Waals surface area (Å²) < 4.78 is 11.0. The summed E-state index contributed by atoms with van der Waals surface area (Å²) in [6.07, 6.45) is 5.98. The SMILES string of the molecule is CN(C)c1ccc(-c2ccc(/C=C(\C#N)C(=O)NCCOCCOCCCCCCCl)s2)cc1. The van der Waals surface area contributed by atoms with Gasteiger partial charge in [0, 0.05) is 48.6 Å². The normalized spacial score (nSPS) is 11.3. The van der Waals surface area contributed by atoms with Gasteiger partial charge in [0.2, 0.25) is 0 Å². The molecule has 0 bridgehead atoms. The highest BCUT2D eigenvalue weighted by atomic mass is 35.5. The lowest BCUT2D eigenvalue weighted by atomic mass is 10.1. The lowest BCUT2D eigenvalue weighted by Gasteiger charge is -2.12. The number of thiophene rings is 1. The number of carbonyl (C=O) groups excluding carboxylic acids is 1. The molecule has 0 saturated carbocycles. The lowest BCUT2D eigenvalue weighted by Crippen LogP contribution is -2.28. The first-order valence-corrected chi connectivity index (χ1v) is 12.9. The van der Waals surface area contributed by atoms with Crippen LogP contribution in [0.5, 0.6) is 0 Å². The number of nitriles is 1. The third-order valence-corrected chi connectivity index (χ3v) is 6.37. The van der Waals surface area contributed by atoms with Crippen LogP contribution in [-0.4, -0.2) is 58.9 Å². The average molecular weight is 504 g/mol. The monoisotopic (exact) mass is 503 g/mol. The molecule has 1 N–H and O–H groups in total. The number of nitrogens with one attached hydrogen (secondary N) is 1. The summed E-state index contributed by atoms with van der Waals surface area (Å²) in [7, 11) is 4.01.